The molecule has 1 aliphatic heterocycles. The predicted molar refractivity (Wildman–Crippen MR) is 116 cm³/mol. The van der Waals surface area contributed by atoms with Crippen molar-refractivity contribution >= 4 is 17.3 Å². The maximum absolute atomic E-state index is 12.5. The van der Waals surface area contributed by atoms with E-state index in [1.807, 2.05) is 38.2 Å². The Labute approximate surface area is 171 Å². The lowest BCUT2D eigenvalue weighted by atomic mass is 9.83. The Hall–Kier alpha value is -3.52. The molecule has 5 nitrogen and oxygen atoms in total. The molecule has 1 heterocycles. The van der Waals surface area contributed by atoms with Gasteiger partial charge in [0.1, 0.15) is 17.4 Å². The van der Waals surface area contributed by atoms with E-state index in [0.29, 0.717) is 12.3 Å². The van der Waals surface area contributed by atoms with Gasteiger partial charge in [0.15, 0.2) is 0 Å². The van der Waals surface area contributed by atoms with Crippen LogP contribution in [0, 0.1) is 11.3 Å². The van der Waals surface area contributed by atoms with E-state index in [1.165, 1.54) is 5.56 Å². The smallest absolute Gasteiger partial charge is 0.266 e. The van der Waals surface area contributed by atoms with E-state index in [9.17, 15) is 10.1 Å². The van der Waals surface area contributed by atoms with Gasteiger partial charge in [-0.15, -0.1) is 0 Å². The third-order valence-electron chi connectivity index (χ3n) is 5.14. The maximum Gasteiger partial charge on any atom is 0.266 e. The average molecular weight is 387 g/mol. The van der Waals surface area contributed by atoms with Gasteiger partial charge in [0.05, 0.1) is 6.61 Å². The van der Waals surface area contributed by atoms with Gasteiger partial charge in [-0.2, -0.15) is 5.26 Å². The normalized spacial score (nSPS) is 16.3. The van der Waals surface area contributed by atoms with Crippen LogP contribution in [0.5, 0.6) is 5.75 Å². The number of anilines is 2. The fourth-order valence-electron chi connectivity index (χ4n) is 3.63. The monoisotopic (exact) mass is 387 g/mol. The van der Waals surface area contributed by atoms with E-state index in [1.54, 1.807) is 30.3 Å². The number of nitriles is 1. The molecule has 3 rings (SSSR count). The van der Waals surface area contributed by atoms with Crippen molar-refractivity contribution in [3.05, 3.63) is 77.5 Å². The fourth-order valence-corrected chi connectivity index (χ4v) is 3.63. The molecule has 1 N–H and O–H groups in total. The molecule has 0 unspecified atom stereocenters. The summed E-state index contributed by atoms with van der Waals surface area (Å²) >= 11 is 0. The van der Waals surface area contributed by atoms with E-state index >= 15 is 0 Å². The quantitative estimate of drug-likeness (QED) is 0.592. The molecule has 0 atom stereocenters. The van der Waals surface area contributed by atoms with Crippen molar-refractivity contribution < 1.29 is 9.53 Å². The van der Waals surface area contributed by atoms with Gasteiger partial charge < -0.3 is 15.0 Å². The first kappa shape index (κ1) is 20.2. The number of likely N-dealkylation sites (N-methyl/N-ethyl adjacent to an activating group) is 1. The molecule has 1 amide bonds. The summed E-state index contributed by atoms with van der Waals surface area (Å²) in [7, 11) is 2.00. The number of hydrogen-bond acceptors (Lipinski definition) is 4. The first-order chi connectivity index (χ1) is 13.9. The van der Waals surface area contributed by atoms with Crippen LogP contribution in [0.4, 0.5) is 11.4 Å². The van der Waals surface area contributed by atoms with Crippen LogP contribution in [-0.2, 0) is 10.2 Å². The number of carbonyl (C=O) groups is 1. The Balaban J connectivity index is 1.81. The fraction of sp³-hybridized carbons (Fsp3) is 0.250. The first-order valence-electron chi connectivity index (χ1n) is 9.58. The second kappa shape index (κ2) is 8.24. The molecular formula is C24H25N3O2. The number of allylic oxidation sites excluding steroid dienone is 3. The Morgan fingerprint density at radius 3 is 2.52 bits per heavy atom. The SMILES string of the molecule is CCOc1ccc(NC(=O)/C(C#N)=C/C=C2/N(C)c3ccccc3C2(C)C)cc1. The van der Waals surface area contributed by atoms with Crippen LogP contribution in [-0.4, -0.2) is 19.6 Å². The standard InChI is InChI=1S/C24H25N3O2/c1-5-29-19-13-11-18(12-14-19)26-23(28)17(16-25)10-15-22-24(2,3)20-8-6-7-9-21(20)27(22)4/h6-15H,5H2,1-4H3,(H,26,28)/b17-10+,22-15+. The minimum atomic E-state index is -0.440. The molecule has 0 aliphatic carbocycles. The molecule has 0 bridgehead atoms. The summed E-state index contributed by atoms with van der Waals surface area (Å²) in [6.45, 7) is 6.77. The minimum absolute atomic E-state index is 0.0477. The first-order valence-corrected chi connectivity index (χ1v) is 9.58. The zero-order chi connectivity index (χ0) is 21.0. The van der Waals surface area contributed by atoms with Crippen LogP contribution in [0.15, 0.2) is 72.0 Å². The van der Waals surface area contributed by atoms with Crippen LogP contribution in [0.2, 0.25) is 0 Å². The van der Waals surface area contributed by atoms with Gasteiger partial charge in [0.2, 0.25) is 0 Å². The molecule has 0 radical (unpaired) electrons. The average Bonchev–Trinajstić information content (AvgIpc) is 2.91. The summed E-state index contributed by atoms with van der Waals surface area (Å²) in [6.07, 6.45) is 3.44. The highest BCUT2D eigenvalue weighted by atomic mass is 16.5. The summed E-state index contributed by atoms with van der Waals surface area (Å²) in [4.78, 5) is 14.6. The van der Waals surface area contributed by atoms with Gasteiger partial charge in [0.25, 0.3) is 5.91 Å². The number of fused-ring (bicyclic) bond motifs is 1. The number of benzene rings is 2. The number of nitrogens with one attached hydrogen (secondary N) is 1. The molecular weight excluding hydrogens is 362 g/mol. The summed E-state index contributed by atoms with van der Waals surface area (Å²) in [6, 6.07) is 17.3. The lowest BCUT2D eigenvalue weighted by Gasteiger charge is -2.23. The van der Waals surface area contributed by atoms with Crippen LogP contribution >= 0.6 is 0 Å². The van der Waals surface area contributed by atoms with Crippen LogP contribution in [0.1, 0.15) is 26.3 Å². The number of para-hydroxylation sites is 1. The Morgan fingerprint density at radius 2 is 1.90 bits per heavy atom. The van der Waals surface area contributed by atoms with E-state index < -0.39 is 5.91 Å². The van der Waals surface area contributed by atoms with Gasteiger partial charge in [-0.3, -0.25) is 4.79 Å². The highest BCUT2D eigenvalue weighted by Crippen LogP contribution is 2.46. The van der Waals surface area contributed by atoms with Gasteiger partial charge in [-0.05, 0) is 55.0 Å². The lowest BCUT2D eigenvalue weighted by molar-refractivity contribution is -0.112. The molecule has 2 aromatic rings. The maximum atomic E-state index is 12.5. The van der Waals surface area contributed by atoms with E-state index in [0.717, 1.165) is 17.1 Å². The number of rotatable bonds is 5. The molecule has 5 heteroatoms. The molecule has 0 saturated heterocycles. The molecule has 2 aromatic carbocycles. The van der Waals surface area contributed by atoms with Crippen molar-refractivity contribution in [2.75, 3.05) is 23.9 Å². The van der Waals surface area contributed by atoms with Crippen molar-refractivity contribution in [2.24, 2.45) is 0 Å². The number of nitrogens with zero attached hydrogens (tertiary/aromatic N) is 2. The number of amides is 1. The highest BCUT2D eigenvalue weighted by Gasteiger charge is 2.37. The van der Waals surface area contributed by atoms with Crippen LogP contribution in [0.25, 0.3) is 0 Å². The molecule has 148 valence electrons. The van der Waals surface area contributed by atoms with Gasteiger partial charge in [0, 0.05) is 29.5 Å². The Bertz CT molecular complexity index is 1010. The number of hydrogen-bond donors (Lipinski definition) is 1. The highest BCUT2D eigenvalue weighted by molar-refractivity contribution is 6.06. The lowest BCUT2D eigenvalue weighted by Crippen LogP contribution is -2.22. The second-order valence-corrected chi connectivity index (χ2v) is 7.36. The zero-order valence-electron chi connectivity index (χ0n) is 17.2. The molecule has 0 aromatic heterocycles. The molecule has 0 saturated carbocycles. The van der Waals surface area contributed by atoms with E-state index in [-0.39, 0.29) is 11.0 Å². The Kier molecular flexibility index (Phi) is 5.74. The predicted octanol–water partition coefficient (Wildman–Crippen LogP) is 4.79. The zero-order valence-corrected chi connectivity index (χ0v) is 17.2. The third kappa shape index (κ3) is 4.02. The largest absolute Gasteiger partial charge is 0.494 e. The van der Waals surface area contributed by atoms with E-state index in [2.05, 4.69) is 36.2 Å². The summed E-state index contributed by atoms with van der Waals surface area (Å²) in [5.41, 5.74) is 3.83. The van der Waals surface area contributed by atoms with E-state index in [4.69, 9.17) is 4.74 Å². The summed E-state index contributed by atoms with van der Waals surface area (Å²) in [5.74, 6) is 0.293. The summed E-state index contributed by atoms with van der Waals surface area (Å²) < 4.78 is 5.40. The van der Waals surface area contributed by atoms with Gasteiger partial charge in [-0.25, -0.2) is 0 Å². The van der Waals surface area contributed by atoms with Crippen molar-refractivity contribution in [3.63, 3.8) is 0 Å². The number of carbonyl (C=O) groups excluding carboxylic acids is 1. The van der Waals surface area contributed by atoms with Crippen LogP contribution < -0.4 is 15.0 Å². The third-order valence-corrected chi connectivity index (χ3v) is 5.14. The van der Waals surface area contributed by atoms with Gasteiger partial charge >= 0.3 is 0 Å². The molecule has 0 spiro atoms. The summed E-state index contributed by atoms with van der Waals surface area (Å²) in [5, 5.41) is 12.2. The molecule has 29 heavy (non-hydrogen) atoms. The topological polar surface area (TPSA) is 65.4 Å². The van der Waals surface area contributed by atoms with Crippen LogP contribution in [0.3, 0.4) is 0 Å². The second-order valence-electron chi connectivity index (χ2n) is 7.36. The van der Waals surface area contributed by atoms with Crippen molar-refractivity contribution in [3.8, 4) is 11.8 Å². The van der Waals surface area contributed by atoms with Crippen molar-refractivity contribution in [1.29, 1.82) is 5.26 Å². The molecule has 1 aliphatic rings. The Morgan fingerprint density at radius 1 is 1.21 bits per heavy atom. The van der Waals surface area contributed by atoms with Crippen molar-refractivity contribution in [1.82, 2.24) is 0 Å². The minimum Gasteiger partial charge on any atom is -0.494 e. The van der Waals surface area contributed by atoms with Gasteiger partial charge in [-0.1, -0.05) is 32.0 Å². The van der Waals surface area contributed by atoms with Crippen molar-refractivity contribution in [2.45, 2.75) is 26.2 Å². The number of ether oxygens (including phenoxy) is 1. The molecule has 0 fully saturated rings.